The molecule has 1 aromatic carbocycles. The molecule has 1 aliphatic carbocycles. The molecule has 1 atom stereocenters. The zero-order valence-corrected chi connectivity index (χ0v) is 12.4. The fraction of sp³-hybridized carbons (Fsp3) is 0.462. The van der Waals surface area contributed by atoms with E-state index in [1.165, 1.54) is 18.9 Å². The number of nitrogens with zero attached hydrogens (tertiary/aromatic N) is 1. The van der Waals surface area contributed by atoms with Crippen LogP contribution in [0.25, 0.3) is 0 Å². The summed E-state index contributed by atoms with van der Waals surface area (Å²) in [6.07, 6.45) is 3.34. The molecule has 1 aliphatic rings. The fourth-order valence-corrected chi connectivity index (χ4v) is 2.45. The van der Waals surface area contributed by atoms with Gasteiger partial charge in [0, 0.05) is 17.7 Å². The smallest absolute Gasteiger partial charge is 0.290 e. The maximum atomic E-state index is 12.1. The molecule has 2 rings (SSSR count). The van der Waals surface area contributed by atoms with Crippen LogP contribution >= 0.6 is 23.2 Å². The van der Waals surface area contributed by atoms with Gasteiger partial charge in [-0.15, -0.1) is 0 Å². The second-order valence-corrected chi connectivity index (χ2v) is 5.89. The molecule has 1 amide bonds. The average Bonchev–Trinajstić information content (AvgIpc) is 3.15. The molecule has 1 saturated carbocycles. The Morgan fingerprint density at radius 2 is 2.15 bits per heavy atom. The number of carbonyl (C=O) groups excluding carboxylic acids is 1. The third kappa shape index (κ3) is 3.61. The van der Waals surface area contributed by atoms with Gasteiger partial charge in [-0.05, 0) is 25.3 Å². The normalized spacial score (nSPS) is 15.8. The van der Waals surface area contributed by atoms with E-state index in [-0.39, 0.29) is 33.2 Å². The summed E-state index contributed by atoms with van der Waals surface area (Å²) in [6.45, 7) is 1.92. The molecule has 0 bridgehead atoms. The predicted octanol–water partition coefficient (Wildman–Crippen LogP) is 3.82. The van der Waals surface area contributed by atoms with Crippen molar-refractivity contribution < 1.29 is 9.72 Å². The third-order valence-corrected chi connectivity index (χ3v) is 4.02. The van der Waals surface area contributed by atoms with Gasteiger partial charge in [0.2, 0.25) is 0 Å². The summed E-state index contributed by atoms with van der Waals surface area (Å²) in [5, 5.41) is 13.5. The molecule has 0 aromatic heterocycles. The van der Waals surface area contributed by atoms with Crippen LogP contribution in [0.2, 0.25) is 10.0 Å². The van der Waals surface area contributed by atoms with Gasteiger partial charge < -0.3 is 5.32 Å². The molecule has 1 fully saturated rings. The van der Waals surface area contributed by atoms with Gasteiger partial charge in [0.1, 0.15) is 5.02 Å². The Morgan fingerprint density at radius 3 is 2.70 bits per heavy atom. The highest BCUT2D eigenvalue weighted by atomic mass is 35.5. The number of nitrogens with one attached hydrogen (secondary N) is 1. The van der Waals surface area contributed by atoms with Crippen LogP contribution in [0.5, 0.6) is 0 Å². The zero-order valence-electron chi connectivity index (χ0n) is 10.9. The summed E-state index contributed by atoms with van der Waals surface area (Å²) in [7, 11) is 0. The molecule has 108 valence electrons. The van der Waals surface area contributed by atoms with Crippen molar-refractivity contribution in [3.05, 3.63) is 37.9 Å². The van der Waals surface area contributed by atoms with Crippen molar-refractivity contribution in [3.63, 3.8) is 0 Å². The third-order valence-electron chi connectivity index (χ3n) is 3.23. The monoisotopic (exact) mass is 316 g/mol. The van der Waals surface area contributed by atoms with Crippen LogP contribution in [-0.2, 0) is 0 Å². The summed E-state index contributed by atoms with van der Waals surface area (Å²) in [4.78, 5) is 22.3. The van der Waals surface area contributed by atoms with Gasteiger partial charge in [-0.3, -0.25) is 14.9 Å². The average molecular weight is 317 g/mol. The second kappa shape index (κ2) is 5.97. The van der Waals surface area contributed by atoms with Gasteiger partial charge >= 0.3 is 0 Å². The SMILES string of the molecule is CC(CC1CC1)NC(=O)c1cc(Cl)c(Cl)c([N+](=O)[O-])c1. The Labute approximate surface area is 126 Å². The lowest BCUT2D eigenvalue weighted by molar-refractivity contribution is -0.384. The van der Waals surface area contributed by atoms with Gasteiger partial charge in [-0.1, -0.05) is 36.0 Å². The van der Waals surface area contributed by atoms with Crippen molar-refractivity contribution >= 4 is 34.8 Å². The van der Waals surface area contributed by atoms with E-state index in [2.05, 4.69) is 5.32 Å². The zero-order chi connectivity index (χ0) is 14.9. The van der Waals surface area contributed by atoms with Crippen LogP contribution in [-0.4, -0.2) is 16.9 Å². The van der Waals surface area contributed by atoms with Crippen LogP contribution in [0.4, 0.5) is 5.69 Å². The van der Waals surface area contributed by atoms with Gasteiger partial charge in [-0.25, -0.2) is 0 Å². The number of amides is 1. The summed E-state index contributed by atoms with van der Waals surface area (Å²) >= 11 is 11.6. The summed E-state index contributed by atoms with van der Waals surface area (Å²) in [5.74, 6) is 0.313. The van der Waals surface area contributed by atoms with Crippen molar-refractivity contribution in [1.82, 2.24) is 5.32 Å². The number of hydrogen-bond acceptors (Lipinski definition) is 3. The minimum Gasteiger partial charge on any atom is -0.350 e. The number of nitro groups is 1. The molecule has 0 heterocycles. The highest BCUT2D eigenvalue weighted by molar-refractivity contribution is 6.43. The maximum absolute atomic E-state index is 12.1. The number of rotatable bonds is 5. The lowest BCUT2D eigenvalue weighted by Crippen LogP contribution is -2.32. The summed E-state index contributed by atoms with van der Waals surface area (Å²) in [6, 6.07) is 2.52. The van der Waals surface area contributed by atoms with Crippen molar-refractivity contribution in [1.29, 1.82) is 0 Å². The topological polar surface area (TPSA) is 72.2 Å². The number of halogens is 2. The molecule has 1 aromatic rings. The van der Waals surface area contributed by atoms with E-state index in [1.54, 1.807) is 0 Å². The van der Waals surface area contributed by atoms with Gasteiger partial charge in [-0.2, -0.15) is 0 Å². The molecule has 1 N–H and O–H groups in total. The van der Waals surface area contributed by atoms with Crippen LogP contribution in [0.15, 0.2) is 12.1 Å². The molecular weight excluding hydrogens is 303 g/mol. The highest BCUT2D eigenvalue weighted by Crippen LogP contribution is 2.34. The fourth-order valence-electron chi connectivity index (χ4n) is 2.06. The Morgan fingerprint density at radius 1 is 1.50 bits per heavy atom. The Bertz CT molecular complexity index is 559. The van der Waals surface area contributed by atoms with Crippen LogP contribution < -0.4 is 5.32 Å². The van der Waals surface area contributed by atoms with Crippen LogP contribution in [0, 0.1) is 16.0 Å². The predicted molar refractivity (Wildman–Crippen MR) is 77.4 cm³/mol. The second-order valence-electron chi connectivity index (χ2n) is 5.10. The standard InChI is InChI=1S/C13H14Cl2N2O3/c1-7(4-8-2-3-8)16-13(18)9-5-10(14)12(15)11(6-9)17(19)20/h5-8H,2-4H2,1H3,(H,16,18). The Kier molecular flexibility index (Phi) is 4.50. The van der Waals surface area contributed by atoms with Gasteiger partial charge in [0.15, 0.2) is 0 Å². The first-order valence-corrected chi connectivity index (χ1v) is 7.08. The van der Waals surface area contributed by atoms with Gasteiger partial charge in [0.25, 0.3) is 11.6 Å². The minimum atomic E-state index is -0.654. The van der Waals surface area contributed by atoms with E-state index < -0.39 is 4.92 Å². The molecule has 0 saturated heterocycles. The number of benzene rings is 1. The number of hydrogen-bond donors (Lipinski definition) is 1. The lowest BCUT2D eigenvalue weighted by Gasteiger charge is -2.13. The lowest BCUT2D eigenvalue weighted by atomic mass is 10.1. The van der Waals surface area contributed by atoms with Crippen molar-refractivity contribution in [3.8, 4) is 0 Å². The van der Waals surface area contributed by atoms with Crippen molar-refractivity contribution in [2.24, 2.45) is 5.92 Å². The van der Waals surface area contributed by atoms with E-state index in [1.807, 2.05) is 6.92 Å². The van der Waals surface area contributed by atoms with E-state index in [0.29, 0.717) is 5.92 Å². The van der Waals surface area contributed by atoms with E-state index >= 15 is 0 Å². The Balaban J connectivity index is 2.14. The van der Waals surface area contributed by atoms with Crippen molar-refractivity contribution in [2.45, 2.75) is 32.2 Å². The molecule has 0 spiro atoms. The molecule has 1 unspecified atom stereocenters. The van der Waals surface area contributed by atoms with E-state index in [0.717, 1.165) is 12.5 Å². The molecule has 5 nitrogen and oxygen atoms in total. The molecule has 0 radical (unpaired) electrons. The summed E-state index contributed by atoms with van der Waals surface area (Å²) < 4.78 is 0. The van der Waals surface area contributed by atoms with Crippen molar-refractivity contribution in [2.75, 3.05) is 0 Å². The Hall–Kier alpha value is -1.33. The molecule has 7 heteroatoms. The minimum absolute atomic E-state index is 0.000799. The first-order chi connectivity index (χ1) is 9.38. The first kappa shape index (κ1) is 15.1. The molecule has 20 heavy (non-hydrogen) atoms. The quantitative estimate of drug-likeness (QED) is 0.663. The van der Waals surface area contributed by atoms with E-state index in [4.69, 9.17) is 23.2 Å². The van der Waals surface area contributed by atoms with E-state index in [9.17, 15) is 14.9 Å². The number of nitro benzene ring substituents is 1. The maximum Gasteiger partial charge on any atom is 0.290 e. The largest absolute Gasteiger partial charge is 0.350 e. The number of carbonyl (C=O) groups is 1. The molecular formula is C13H14Cl2N2O3. The highest BCUT2D eigenvalue weighted by Gasteiger charge is 2.25. The van der Waals surface area contributed by atoms with Crippen LogP contribution in [0.1, 0.15) is 36.5 Å². The van der Waals surface area contributed by atoms with Crippen LogP contribution in [0.3, 0.4) is 0 Å². The molecule has 0 aliphatic heterocycles. The summed E-state index contributed by atoms with van der Waals surface area (Å²) in [5.41, 5.74) is -0.215. The van der Waals surface area contributed by atoms with Gasteiger partial charge in [0.05, 0.1) is 9.95 Å². The first-order valence-electron chi connectivity index (χ1n) is 6.32.